The number of aryl methyl sites for hydroxylation is 1. The van der Waals surface area contributed by atoms with E-state index < -0.39 is 5.97 Å². The summed E-state index contributed by atoms with van der Waals surface area (Å²) in [7, 11) is 0. The Morgan fingerprint density at radius 2 is 1.83 bits per heavy atom. The fraction of sp³-hybridized carbons (Fsp3) is 0.107. The van der Waals surface area contributed by atoms with Gasteiger partial charge in [0.2, 0.25) is 0 Å². The number of nitrogens with zero attached hydrogens (tertiary/aromatic N) is 2. The van der Waals surface area contributed by atoms with Crippen molar-refractivity contribution < 1.29 is 18.8 Å². The predicted octanol–water partition coefficient (Wildman–Crippen LogP) is 6.88. The van der Waals surface area contributed by atoms with Crippen LogP contribution in [0.25, 0.3) is 33.3 Å². The van der Waals surface area contributed by atoms with Crippen molar-refractivity contribution in [2.75, 3.05) is 5.32 Å². The van der Waals surface area contributed by atoms with Gasteiger partial charge in [-0.25, -0.2) is 14.2 Å². The summed E-state index contributed by atoms with van der Waals surface area (Å²) in [5.41, 5.74) is 6.52. The van der Waals surface area contributed by atoms with Crippen molar-refractivity contribution >= 4 is 22.6 Å². The normalized spacial score (nSPS) is 12.0. The fourth-order valence-electron chi connectivity index (χ4n) is 4.31. The zero-order chi connectivity index (χ0) is 24.5. The number of benzene rings is 3. The van der Waals surface area contributed by atoms with Gasteiger partial charge < -0.3 is 14.9 Å². The van der Waals surface area contributed by atoms with Gasteiger partial charge in [-0.2, -0.15) is 0 Å². The molecule has 5 rings (SSSR count). The molecule has 7 heteroatoms. The lowest BCUT2D eigenvalue weighted by molar-refractivity contribution is 0.0698. The minimum atomic E-state index is -0.993. The van der Waals surface area contributed by atoms with E-state index in [1.54, 1.807) is 42.6 Å². The highest BCUT2D eigenvalue weighted by molar-refractivity contribution is 5.95. The minimum Gasteiger partial charge on any atom is -0.478 e. The van der Waals surface area contributed by atoms with Gasteiger partial charge in [0.25, 0.3) is 0 Å². The number of carboxylic acids is 1. The Morgan fingerprint density at radius 1 is 1.06 bits per heavy atom. The smallest absolute Gasteiger partial charge is 0.337 e. The summed E-state index contributed by atoms with van der Waals surface area (Å²) in [6, 6.07) is 19.0. The number of carboxylic acid groups (broad SMARTS) is 1. The Bertz CT molecular complexity index is 1530. The number of fused-ring (bicyclic) bond motifs is 1. The van der Waals surface area contributed by atoms with Crippen LogP contribution >= 0.6 is 0 Å². The molecule has 2 N–H and O–H groups in total. The molecule has 0 saturated carbocycles. The average molecular weight is 468 g/mol. The summed E-state index contributed by atoms with van der Waals surface area (Å²) in [6.45, 7) is 3.98. The van der Waals surface area contributed by atoms with Gasteiger partial charge in [-0.1, -0.05) is 35.5 Å². The highest BCUT2D eigenvalue weighted by atomic mass is 19.1. The van der Waals surface area contributed by atoms with E-state index in [1.165, 1.54) is 18.4 Å². The quantitative estimate of drug-likeness (QED) is 0.283. The van der Waals surface area contributed by atoms with Crippen LogP contribution in [-0.4, -0.2) is 21.2 Å². The van der Waals surface area contributed by atoms with E-state index in [9.17, 15) is 14.3 Å². The lowest BCUT2D eigenvalue weighted by Gasteiger charge is -2.21. The molecule has 0 aliphatic carbocycles. The second kappa shape index (κ2) is 9.02. The largest absolute Gasteiger partial charge is 0.478 e. The van der Waals surface area contributed by atoms with Crippen LogP contribution < -0.4 is 5.32 Å². The third-order valence-corrected chi connectivity index (χ3v) is 5.97. The summed E-state index contributed by atoms with van der Waals surface area (Å²) < 4.78 is 18.7. The van der Waals surface area contributed by atoms with Crippen LogP contribution in [0, 0.1) is 12.7 Å². The molecular weight excluding hydrogens is 445 g/mol. The zero-order valence-electron chi connectivity index (χ0n) is 19.1. The second-order valence-corrected chi connectivity index (χ2v) is 8.44. The van der Waals surface area contributed by atoms with E-state index in [1.807, 2.05) is 26.0 Å². The first-order chi connectivity index (χ1) is 16.9. The molecule has 2 aromatic heterocycles. The maximum Gasteiger partial charge on any atom is 0.337 e. The Morgan fingerprint density at radius 3 is 2.54 bits per heavy atom. The van der Waals surface area contributed by atoms with E-state index in [2.05, 4.69) is 16.5 Å². The van der Waals surface area contributed by atoms with E-state index in [-0.39, 0.29) is 17.4 Å². The van der Waals surface area contributed by atoms with Crippen LogP contribution in [0.3, 0.4) is 0 Å². The standard InChI is InChI=1S/C28H22FN3O3/c1-16-11-22(17(2)31-25-6-4-3-5-21(25)28(33)34)24-13-23(18-7-9-20(29)10-8-18)27(32-26(24)12-16)19-14-30-35-15-19/h3-15,17,31H,1-2H3,(H,33,34)/t17-/m1/s1. The number of halogens is 1. The molecule has 0 aliphatic rings. The molecule has 1 atom stereocenters. The monoisotopic (exact) mass is 467 g/mol. The van der Waals surface area contributed by atoms with E-state index in [4.69, 9.17) is 9.51 Å². The Kier molecular flexibility index (Phi) is 5.74. The summed E-state index contributed by atoms with van der Waals surface area (Å²) in [5, 5.41) is 17.7. The molecule has 0 aliphatic heterocycles. The number of hydrogen-bond acceptors (Lipinski definition) is 5. The fourth-order valence-corrected chi connectivity index (χ4v) is 4.31. The molecule has 0 unspecified atom stereocenters. The minimum absolute atomic E-state index is 0.205. The number of aromatic carboxylic acids is 1. The molecule has 35 heavy (non-hydrogen) atoms. The number of carbonyl (C=O) groups is 1. The molecule has 0 saturated heterocycles. The summed E-state index contributed by atoms with van der Waals surface area (Å²) >= 11 is 0. The highest BCUT2D eigenvalue weighted by Gasteiger charge is 2.19. The van der Waals surface area contributed by atoms with Crippen molar-refractivity contribution in [1.82, 2.24) is 10.1 Å². The van der Waals surface area contributed by atoms with Gasteiger partial charge in [0, 0.05) is 22.7 Å². The van der Waals surface area contributed by atoms with Gasteiger partial charge in [0.1, 0.15) is 12.1 Å². The van der Waals surface area contributed by atoms with Crippen molar-refractivity contribution in [3.63, 3.8) is 0 Å². The van der Waals surface area contributed by atoms with Crippen molar-refractivity contribution in [3.8, 4) is 22.4 Å². The third kappa shape index (κ3) is 4.36. The number of anilines is 1. The summed E-state index contributed by atoms with van der Waals surface area (Å²) in [5.74, 6) is -1.31. The van der Waals surface area contributed by atoms with Crippen molar-refractivity contribution in [2.45, 2.75) is 19.9 Å². The number of para-hydroxylation sites is 1. The summed E-state index contributed by atoms with van der Waals surface area (Å²) in [6.07, 6.45) is 3.13. The maximum absolute atomic E-state index is 13.6. The van der Waals surface area contributed by atoms with Crippen molar-refractivity contribution in [2.24, 2.45) is 0 Å². The van der Waals surface area contributed by atoms with Crippen LogP contribution in [-0.2, 0) is 0 Å². The van der Waals surface area contributed by atoms with Gasteiger partial charge >= 0.3 is 5.97 Å². The number of nitrogens with one attached hydrogen (secondary N) is 1. The predicted molar refractivity (Wildman–Crippen MR) is 133 cm³/mol. The number of aromatic nitrogens is 2. The second-order valence-electron chi connectivity index (χ2n) is 8.44. The first-order valence-corrected chi connectivity index (χ1v) is 11.1. The molecule has 6 nitrogen and oxygen atoms in total. The molecule has 5 aromatic rings. The van der Waals surface area contributed by atoms with Crippen LogP contribution in [0.5, 0.6) is 0 Å². The van der Waals surface area contributed by atoms with Gasteiger partial charge in [0.15, 0.2) is 0 Å². The van der Waals surface area contributed by atoms with Crippen LogP contribution in [0.15, 0.2) is 83.7 Å². The molecule has 0 amide bonds. The maximum atomic E-state index is 13.6. The molecule has 0 fully saturated rings. The first-order valence-electron chi connectivity index (χ1n) is 11.1. The molecular formula is C28H22FN3O3. The molecule has 2 heterocycles. The number of pyridine rings is 1. The van der Waals surface area contributed by atoms with Gasteiger partial charge in [-0.15, -0.1) is 0 Å². The molecule has 174 valence electrons. The third-order valence-electron chi connectivity index (χ3n) is 5.97. The Labute approximate surface area is 201 Å². The molecule has 0 radical (unpaired) electrons. The Hall–Kier alpha value is -4.52. The van der Waals surface area contributed by atoms with Crippen LogP contribution in [0.4, 0.5) is 10.1 Å². The topological polar surface area (TPSA) is 88.2 Å². The van der Waals surface area contributed by atoms with Crippen molar-refractivity contribution in [3.05, 3.63) is 102 Å². The Balaban J connectivity index is 1.69. The SMILES string of the molecule is Cc1cc([C@@H](C)Nc2ccccc2C(=O)O)c2cc(-c3ccc(F)cc3)c(-c3cnoc3)nc2c1. The zero-order valence-corrected chi connectivity index (χ0v) is 19.1. The highest BCUT2D eigenvalue weighted by Crippen LogP contribution is 2.37. The van der Waals surface area contributed by atoms with E-state index in [0.717, 1.165) is 38.7 Å². The first kappa shape index (κ1) is 22.3. The van der Waals surface area contributed by atoms with Crippen molar-refractivity contribution in [1.29, 1.82) is 0 Å². The van der Waals surface area contributed by atoms with Crippen LogP contribution in [0.1, 0.15) is 34.5 Å². The average Bonchev–Trinajstić information content (AvgIpc) is 3.38. The molecule has 3 aromatic carbocycles. The molecule has 0 spiro atoms. The van der Waals surface area contributed by atoms with Crippen LogP contribution in [0.2, 0.25) is 0 Å². The van der Waals surface area contributed by atoms with Gasteiger partial charge in [0.05, 0.1) is 28.5 Å². The van der Waals surface area contributed by atoms with E-state index >= 15 is 0 Å². The van der Waals surface area contributed by atoms with Gasteiger partial charge in [-0.05, 0) is 66.9 Å². The van der Waals surface area contributed by atoms with E-state index in [0.29, 0.717) is 11.4 Å². The lowest BCUT2D eigenvalue weighted by Crippen LogP contribution is -2.11. The number of hydrogen-bond donors (Lipinski definition) is 2. The summed E-state index contributed by atoms with van der Waals surface area (Å²) in [4.78, 5) is 16.6. The van der Waals surface area contributed by atoms with Gasteiger partial charge in [-0.3, -0.25) is 0 Å². The lowest BCUT2D eigenvalue weighted by atomic mass is 9.94. The number of rotatable bonds is 6. The molecule has 0 bridgehead atoms.